The van der Waals surface area contributed by atoms with Gasteiger partial charge in [0.25, 0.3) is 11.5 Å². The smallest absolute Gasteiger partial charge is 0.335 e. The van der Waals surface area contributed by atoms with Crippen molar-refractivity contribution in [1.82, 2.24) is 19.0 Å². The first-order chi connectivity index (χ1) is 20.4. The Morgan fingerprint density at radius 3 is 2.28 bits per heavy atom. The molecule has 3 amide bonds. The van der Waals surface area contributed by atoms with Crippen LogP contribution in [-0.4, -0.2) is 45.1 Å². The molecule has 4 aromatic rings. The molecule has 0 saturated heterocycles. The van der Waals surface area contributed by atoms with Crippen molar-refractivity contribution in [2.45, 2.75) is 33.2 Å². The van der Waals surface area contributed by atoms with E-state index >= 15 is 4.39 Å². The molecule has 0 aliphatic carbocycles. The van der Waals surface area contributed by atoms with E-state index in [1.807, 2.05) is 6.92 Å². The molecule has 13 heteroatoms. The average molecular weight is 593 g/mol. The molecule has 0 unspecified atom stereocenters. The van der Waals surface area contributed by atoms with E-state index in [9.17, 15) is 23.6 Å². The molecule has 0 radical (unpaired) electrons. The third kappa shape index (κ3) is 6.77. The number of pyridine rings is 1. The van der Waals surface area contributed by atoms with E-state index in [4.69, 9.17) is 4.74 Å². The second-order valence-corrected chi connectivity index (χ2v) is 9.99. The summed E-state index contributed by atoms with van der Waals surface area (Å²) < 4.78 is 36.4. The van der Waals surface area contributed by atoms with Gasteiger partial charge in [-0.05, 0) is 56.7 Å². The van der Waals surface area contributed by atoms with E-state index in [-0.39, 0.29) is 34.5 Å². The highest BCUT2D eigenvalue weighted by Crippen LogP contribution is 2.30. The number of halogens is 2. The molecule has 4 rings (SSSR count). The van der Waals surface area contributed by atoms with Crippen molar-refractivity contribution in [3.63, 3.8) is 0 Å². The number of amides is 3. The number of rotatable bonds is 8. The van der Waals surface area contributed by atoms with Gasteiger partial charge >= 0.3 is 11.7 Å². The van der Waals surface area contributed by atoms with E-state index in [0.29, 0.717) is 17.8 Å². The Morgan fingerprint density at radius 2 is 1.67 bits per heavy atom. The van der Waals surface area contributed by atoms with Crippen LogP contribution in [0.15, 0.2) is 70.5 Å². The Balaban J connectivity index is 1.62. The van der Waals surface area contributed by atoms with Crippen molar-refractivity contribution >= 4 is 23.3 Å². The summed E-state index contributed by atoms with van der Waals surface area (Å²) in [6, 6.07) is 9.11. The van der Waals surface area contributed by atoms with Gasteiger partial charge in [0, 0.05) is 44.2 Å². The molecule has 0 aliphatic rings. The van der Waals surface area contributed by atoms with Crippen molar-refractivity contribution in [2.24, 2.45) is 0 Å². The number of ether oxygens (including phenoxy) is 1. The van der Waals surface area contributed by atoms with Gasteiger partial charge in [0.15, 0.2) is 17.3 Å². The van der Waals surface area contributed by atoms with Crippen molar-refractivity contribution < 1.29 is 23.1 Å². The summed E-state index contributed by atoms with van der Waals surface area (Å²) >= 11 is 0. The molecule has 0 fully saturated rings. The third-order valence-electron chi connectivity index (χ3n) is 6.33. The number of nitrogens with zero attached hydrogens (tertiary/aromatic N) is 4. The molecule has 2 N–H and O–H groups in total. The van der Waals surface area contributed by atoms with Crippen LogP contribution in [0, 0.1) is 11.6 Å². The van der Waals surface area contributed by atoms with Crippen LogP contribution in [0.25, 0.3) is 5.69 Å². The van der Waals surface area contributed by atoms with Gasteiger partial charge in [0.2, 0.25) is 0 Å². The summed E-state index contributed by atoms with van der Waals surface area (Å²) in [5, 5.41) is 5.13. The molecule has 11 nitrogen and oxygen atoms in total. The van der Waals surface area contributed by atoms with Gasteiger partial charge in [-0.3, -0.25) is 19.1 Å². The molecule has 0 atom stereocenters. The number of hydrogen-bond donors (Lipinski definition) is 2. The molecule has 0 saturated carbocycles. The minimum atomic E-state index is -0.924. The quantitative estimate of drug-likeness (QED) is 0.298. The number of nitrogens with one attached hydrogen (secondary N) is 2. The molecule has 224 valence electrons. The molecular formula is C30H30F2N6O5. The maximum Gasteiger partial charge on any atom is 0.335 e. The second-order valence-electron chi connectivity index (χ2n) is 9.99. The van der Waals surface area contributed by atoms with Crippen LogP contribution >= 0.6 is 0 Å². The standard InChI is InChI=1S/C30H30F2N6O5/c1-6-24-26(14-20(15-33-24)35-29(41)36(4)5)43-25-12-9-19(13-23(25)32)34-27(39)22-16-37(17(2)3)30(42)38(28(22)40)21-10-7-18(31)8-11-21/h7-17H,6H2,1-5H3,(H,34,39)(H,35,41). The molecular weight excluding hydrogens is 562 g/mol. The minimum absolute atomic E-state index is 0.0192. The summed E-state index contributed by atoms with van der Waals surface area (Å²) in [5.41, 5.74) is -1.03. The van der Waals surface area contributed by atoms with Gasteiger partial charge in [0.05, 0.1) is 23.3 Å². The van der Waals surface area contributed by atoms with Gasteiger partial charge in [-0.25, -0.2) is 22.9 Å². The maximum atomic E-state index is 15.1. The zero-order valence-corrected chi connectivity index (χ0v) is 24.1. The predicted octanol–water partition coefficient (Wildman–Crippen LogP) is 4.95. The van der Waals surface area contributed by atoms with E-state index in [0.717, 1.165) is 29.0 Å². The molecule has 43 heavy (non-hydrogen) atoms. The lowest BCUT2D eigenvalue weighted by Crippen LogP contribution is -2.42. The van der Waals surface area contributed by atoms with Crippen molar-refractivity contribution in [3.05, 3.63) is 105 Å². The number of benzene rings is 2. The van der Waals surface area contributed by atoms with E-state index in [1.165, 1.54) is 46.0 Å². The zero-order valence-electron chi connectivity index (χ0n) is 24.1. The molecule has 2 aromatic heterocycles. The lowest BCUT2D eigenvalue weighted by Gasteiger charge is -2.16. The van der Waals surface area contributed by atoms with Gasteiger partial charge in [-0.15, -0.1) is 0 Å². The molecule has 0 aliphatic heterocycles. The van der Waals surface area contributed by atoms with Crippen LogP contribution in [0.4, 0.5) is 25.0 Å². The number of carbonyl (C=O) groups excluding carboxylic acids is 2. The predicted molar refractivity (Wildman–Crippen MR) is 157 cm³/mol. The highest BCUT2D eigenvalue weighted by molar-refractivity contribution is 6.03. The van der Waals surface area contributed by atoms with Gasteiger partial charge < -0.3 is 20.3 Å². The van der Waals surface area contributed by atoms with Crippen molar-refractivity contribution in [3.8, 4) is 17.2 Å². The second kappa shape index (κ2) is 12.7. The summed E-state index contributed by atoms with van der Waals surface area (Å²) in [6.45, 7) is 5.23. The summed E-state index contributed by atoms with van der Waals surface area (Å²) in [6.07, 6.45) is 3.08. The fourth-order valence-corrected chi connectivity index (χ4v) is 4.02. The van der Waals surface area contributed by atoms with Crippen molar-refractivity contribution in [2.75, 3.05) is 24.7 Å². The van der Waals surface area contributed by atoms with E-state index in [1.54, 1.807) is 27.9 Å². The highest BCUT2D eigenvalue weighted by atomic mass is 19.1. The van der Waals surface area contributed by atoms with Gasteiger partial charge in [-0.1, -0.05) is 6.92 Å². The zero-order chi connectivity index (χ0) is 31.4. The molecule has 0 bridgehead atoms. The number of aryl methyl sites for hydroxylation is 1. The minimum Gasteiger partial charge on any atom is -0.452 e. The fraction of sp³-hybridized carbons (Fsp3) is 0.233. The van der Waals surface area contributed by atoms with Crippen LogP contribution in [0.3, 0.4) is 0 Å². The Morgan fingerprint density at radius 1 is 0.977 bits per heavy atom. The lowest BCUT2D eigenvalue weighted by molar-refractivity contribution is 0.102. The van der Waals surface area contributed by atoms with E-state index in [2.05, 4.69) is 15.6 Å². The molecule has 2 heterocycles. The average Bonchev–Trinajstić information content (AvgIpc) is 2.95. The normalized spacial score (nSPS) is 10.9. The monoisotopic (exact) mass is 592 g/mol. The number of anilines is 2. The van der Waals surface area contributed by atoms with Gasteiger partial charge in [-0.2, -0.15) is 0 Å². The highest BCUT2D eigenvalue weighted by Gasteiger charge is 2.21. The Labute approximate surface area is 245 Å². The first-order valence-electron chi connectivity index (χ1n) is 13.3. The lowest BCUT2D eigenvalue weighted by atomic mass is 10.2. The van der Waals surface area contributed by atoms with Crippen LogP contribution in [0.1, 0.15) is 42.9 Å². The van der Waals surface area contributed by atoms with E-state index < -0.39 is 34.8 Å². The first kappa shape index (κ1) is 30.6. The van der Waals surface area contributed by atoms with Crippen LogP contribution in [-0.2, 0) is 6.42 Å². The topological polar surface area (TPSA) is 128 Å². The maximum absolute atomic E-state index is 15.1. The number of aromatic nitrogens is 3. The summed E-state index contributed by atoms with van der Waals surface area (Å²) in [5.74, 6) is -2.21. The summed E-state index contributed by atoms with van der Waals surface area (Å²) in [7, 11) is 3.16. The van der Waals surface area contributed by atoms with Crippen molar-refractivity contribution in [1.29, 1.82) is 0 Å². The third-order valence-corrected chi connectivity index (χ3v) is 6.33. The molecule has 0 spiro atoms. The van der Waals surface area contributed by atoms with Crippen LogP contribution in [0.2, 0.25) is 0 Å². The Kier molecular flexibility index (Phi) is 9.03. The Bertz CT molecular complexity index is 1800. The largest absolute Gasteiger partial charge is 0.452 e. The molecule has 2 aromatic carbocycles. The number of carbonyl (C=O) groups is 2. The SMILES string of the molecule is CCc1ncc(NC(=O)N(C)C)cc1Oc1ccc(NC(=O)c2cn(C(C)C)c(=O)n(-c3ccc(F)cc3)c2=O)cc1F. The Hall–Kier alpha value is -5.33. The van der Waals surface area contributed by atoms with Gasteiger partial charge in [0.1, 0.15) is 11.4 Å². The van der Waals surface area contributed by atoms with Crippen LogP contribution in [0.5, 0.6) is 11.5 Å². The summed E-state index contributed by atoms with van der Waals surface area (Å²) in [4.78, 5) is 57.1. The number of hydrogen-bond acceptors (Lipinski definition) is 6. The fourth-order valence-electron chi connectivity index (χ4n) is 4.02. The number of urea groups is 1. The van der Waals surface area contributed by atoms with Crippen LogP contribution < -0.4 is 26.6 Å². The first-order valence-corrected chi connectivity index (χ1v) is 13.3.